The number of piperidine rings is 1. The number of carbonyl (C=O) groups excluding carboxylic acids is 3. The van der Waals surface area contributed by atoms with Gasteiger partial charge in [-0.05, 0) is 94.4 Å². The summed E-state index contributed by atoms with van der Waals surface area (Å²) in [6, 6.07) is 17.9. The van der Waals surface area contributed by atoms with E-state index in [1.807, 2.05) is 64.1 Å². The van der Waals surface area contributed by atoms with E-state index in [-0.39, 0.29) is 23.9 Å². The zero-order valence-electron chi connectivity index (χ0n) is 27.0. The molecular weight excluding hydrogens is 586 g/mol. The van der Waals surface area contributed by atoms with Gasteiger partial charge in [0, 0.05) is 24.4 Å². The van der Waals surface area contributed by atoms with Crippen LogP contribution in [0.3, 0.4) is 0 Å². The van der Waals surface area contributed by atoms with Crippen LogP contribution in [0.15, 0.2) is 54.6 Å². The smallest absolute Gasteiger partial charge is 0.410 e. The van der Waals surface area contributed by atoms with E-state index in [1.165, 1.54) is 11.3 Å². The lowest BCUT2D eigenvalue weighted by atomic mass is 9.94. The first kappa shape index (κ1) is 32.9. The Morgan fingerprint density at radius 2 is 1.73 bits per heavy atom. The largest absolute Gasteiger partial charge is 0.444 e. The molecule has 9 heteroatoms. The van der Waals surface area contributed by atoms with Crippen molar-refractivity contribution in [2.24, 2.45) is 5.92 Å². The van der Waals surface area contributed by atoms with Gasteiger partial charge in [0.1, 0.15) is 11.1 Å². The van der Waals surface area contributed by atoms with Gasteiger partial charge in [0.25, 0.3) is 5.91 Å². The highest BCUT2D eigenvalue weighted by molar-refractivity contribution is 7.20. The molecule has 0 spiro atoms. The van der Waals surface area contributed by atoms with Crippen LogP contribution in [0.5, 0.6) is 0 Å². The minimum Gasteiger partial charge on any atom is -0.444 e. The fraction of sp³-hybridized carbons (Fsp3) is 0.528. The molecule has 3 aromatic rings. The van der Waals surface area contributed by atoms with Crippen LogP contribution in [-0.4, -0.2) is 66.3 Å². The molecule has 45 heavy (non-hydrogen) atoms. The van der Waals surface area contributed by atoms with E-state index >= 15 is 0 Å². The number of carbonyl (C=O) groups is 3. The highest BCUT2D eigenvalue weighted by atomic mass is 32.1. The second-order valence-corrected chi connectivity index (χ2v) is 14.8. The monoisotopic (exact) mass is 633 g/mol. The Morgan fingerprint density at radius 3 is 2.42 bits per heavy atom. The average molecular weight is 634 g/mol. The van der Waals surface area contributed by atoms with E-state index < -0.39 is 11.1 Å². The van der Waals surface area contributed by atoms with Crippen molar-refractivity contribution in [2.75, 3.05) is 26.3 Å². The summed E-state index contributed by atoms with van der Waals surface area (Å²) < 4.78 is 12.8. The predicted octanol–water partition coefficient (Wildman–Crippen LogP) is 6.64. The van der Waals surface area contributed by atoms with Gasteiger partial charge in [0.2, 0.25) is 5.91 Å². The molecule has 5 rings (SSSR count). The molecule has 1 aromatic heterocycles. The maximum Gasteiger partial charge on any atom is 0.410 e. The first-order valence-corrected chi connectivity index (χ1v) is 17.0. The van der Waals surface area contributed by atoms with Gasteiger partial charge >= 0.3 is 6.09 Å². The Bertz CT molecular complexity index is 1470. The minimum atomic E-state index is -0.938. The Kier molecular flexibility index (Phi) is 10.5. The van der Waals surface area contributed by atoms with Crippen molar-refractivity contribution < 1.29 is 23.9 Å². The summed E-state index contributed by atoms with van der Waals surface area (Å²) in [7, 11) is 0. The molecule has 1 saturated carbocycles. The van der Waals surface area contributed by atoms with Gasteiger partial charge in [-0.3, -0.25) is 9.59 Å². The summed E-state index contributed by atoms with van der Waals surface area (Å²) in [6.07, 6.45) is 5.07. The number of nitrogens with one attached hydrogen (secondary N) is 2. The highest BCUT2D eigenvalue weighted by Gasteiger charge is 2.43. The maximum absolute atomic E-state index is 14.0. The number of aryl methyl sites for hydroxylation is 1. The Hall–Kier alpha value is -3.43. The second-order valence-electron chi connectivity index (χ2n) is 13.7. The number of benzene rings is 2. The van der Waals surface area contributed by atoms with Crippen LogP contribution in [-0.2, 0) is 20.7 Å². The van der Waals surface area contributed by atoms with E-state index in [0.29, 0.717) is 56.4 Å². The maximum atomic E-state index is 14.0. The van der Waals surface area contributed by atoms with Crippen LogP contribution >= 0.6 is 11.3 Å². The zero-order chi connectivity index (χ0) is 32.0. The summed E-state index contributed by atoms with van der Waals surface area (Å²) in [4.78, 5) is 42.3. The summed E-state index contributed by atoms with van der Waals surface area (Å²) >= 11 is 1.47. The molecule has 1 atom stereocenters. The third-order valence-corrected chi connectivity index (χ3v) is 9.84. The molecule has 0 radical (unpaired) electrons. The summed E-state index contributed by atoms with van der Waals surface area (Å²) in [5.74, 6) is 0.00214. The third kappa shape index (κ3) is 8.85. The molecule has 0 bridgehead atoms. The molecule has 3 amide bonds. The number of hydrogen-bond donors (Lipinski definition) is 2. The molecule has 8 nitrogen and oxygen atoms in total. The molecular formula is C36H47N3O5S. The molecule has 2 aromatic carbocycles. The predicted molar refractivity (Wildman–Crippen MR) is 179 cm³/mol. The van der Waals surface area contributed by atoms with Crippen molar-refractivity contribution in [3.63, 3.8) is 0 Å². The van der Waals surface area contributed by atoms with Crippen molar-refractivity contribution in [3.05, 3.63) is 70.6 Å². The van der Waals surface area contributed by atoms with Gasteiger partial charge in [-0.1, -0.05) is 55.3 Å². The number of hydrogen-bond acceptors (Lipinski definition) is 6. The number of nitrogens with zero attached hydrogens (tertiary/aromatic N) is 1. The molecule has 2 heterocycles. The molecule has 242 valence electrons. The second kappa shape index (κ2) is 14.3. The number of fused-ring (bicyclic) bond motifs is 1. The van der Waals surface area contributed by atoms with Crippen molar-refractivity contribution in [2.45, 2.75) is 89.8 Å². The topological polar surface area (TPSA) is 97.0 Å². The van der Waals surface area contributed by atoms with Gasteiger partial charge in [-0.15, -0.1) is 11.3 Å². The first-order valence-electron chi connectivity index (χ1n) is 16.2. The normalized spacial score (nSPS) is 17.6. The molecule has 1 saturated heterocycles. The number of ether oxygens (including phenoxy) is 2. The van der Waals surface area contributed by atoms with Gasteiger partial charge in [-0.2, -0.15) is 0 Å². The van der Waals surface area contributed by atoms with Crippen LogP contribution in [0, 0.1) is 12.8 Å². The lowest BCUT2D eigenvalue weighted by Crippen LogP contribution is -2.59. The van der Waals surface area contributed by atoms with Crippen LogP contribution in [0.25, 0.3) is 10.1 Å². The molecule has 2 fully saturated rings. The lowest BCUT2D eigenvalue weighted by molar-refractivity contribution is -0.128. The van der Waals surface area contributed by atoms with Crippen LogP contribution in [0.1, 0.15) is 80.1 Å². The molecule has 2 N–H and O–H groups in total. The van der Waals surface area contributed by atoms with Gasteiger partial charge in [0.15, 0.2) is 0 Å². The highest BCUT2D eigenvalue weighted by Crippen LogP contribution is 2.32. The van der Waals surface area contributed by atoms with Crippen molar-refractivity contribution in [3.8, 4) is 0 Å². The Morgan fingerprint density at radius 1 is 1.02 bits per heavy atom. The number of rotatable bonds is 10. The standard InChI is InChI=1S/C36H47N3O5S/c1-25-12-13-28-22-31(45-30(28)20-25)32(40)38-36(16-8-9-17-36)33(41)37-29(21-26-10-6-5-7-11-26)24-43-23-27-14-18-39(19-15-27)34(42)44-35(2,3)4/h5-7,10-13,20,22,27,29H,8-9,14-19,21,23-24H2,1-4H3,(H,37,41)(H,38,40)/t29-/m1/s1. The molecule has 0 unspecified atom stereocenters. The van der Waals surface area contributed by atoms with Gasteiger partial charge in [-0.25, -0.2) is 4.79 Å². The van der Waals surface area contributed by atoms with E-state index in [4.69, 9.17) is 9.47 Å². The number of amides is 3. The van der Waals surface area contributed by atoms with Gasteiger partial charge < -0.3 is 25.0 Å². The quantitative estimate of drug-likeness (QED) is 0.261. The lowest BCUT2D eigenvalue weighted by Gasteiger charge is -2.34. The number of likely N-dealkylation sites (tertiary alicyclic amines) is 1. The summed E-state index contributed by atoms with van der Waals surface area (Å²) in [5.41, 5.74) is 0.822. The van der Waals surface area contributed by atoms with Crippen molar-refractivity contribution >= 4 is 39.3 Å². The van der Waals surface area contributed by atoms with Crippen molar-refractivity contribution in [1.29, 1.82) is 0 Å². The van der Waals surface area contributed by atoms with E-state index in [2.05, 4.69) is 28.8 Å². The molecule has 2 aliphatic rings. The summed E-state index contributed by atoms with van der Waals surface area (Å²) in [6.45, 7) is 9.91. The SMILES string of the molecule is Cc1ccc2cc(C(=O)NC3(C(=O)N[C@@H](COCC4CCN(C(=O)OC(C)(C)C)CC4)Cc4ccccc4)CCCC3)sc2c1. The fourth-order valence-corrected chi connectivity index (χ4v) is 7.33. The molecule has 1 aliphatic carbocycles. The van der Waals surface area contributed by atoms with Crippen molar-refractivity contribution in [1.82, 2.24) is 15.5 Å². The molecule has 1 aliphatic heterocycles. The van der Waals surface area contributed by atoms with E-state index in [9.17, 15) is 14.4 Å². The van der Waals surface area contributed by atoms with Crippen LogP contribution in [0.2, 0.25) is 0 Å². The average Bonchev–Trinajstić information content (AvgIpc) is 3.65. The first-order chi connectivity index (χ1) is 21.5. The Labute approximate surface area is 270 Å². The minimum absolute atomic E-state index is 0.138. The van der Waals surface area contributed by atoms with E-state index in [1.54, 1.807) is 4.90 Å². The van der Waals surface area contributed by atoms with E-state index in [0.717, 1.165) is 46.9 Å². The van der Waals surface area contributed by atoms with Gasteiger partial charge in [0.05, 0.1) is 17.5 Å². The third-order valence-electron chi connectivity index (χ3n) is 8.74. The fourth-order valence-electron chi connectivity index (χ4n) is 6.28. The zero-order valence-corrected chi connectivity index (χ0v) is 27.8. The van der Waals surface area contributed by atoms with Crippen LogP contribution in [0.4, 0.5) is 4.79 Å². The Balaban J connectivity index is 1.20. The van der Waals surface area contributed by atoms with Crippen LogP contribution < -0.4 is 10.6 Å². The number of thiophene rings is 1. The summed E-state index contributed by atoms with van der Waals surface area (Å²) in [5, 5.41) is 7.48.